The van der Waals surface area contributed by atoms with Crippen LogP contribution in [-0.4, -0.2) is 18.3 Å². The molecule has 0 saturated carbocycles. The van der Waals surface area contributed by atoms with Gasteiger partial charge >= 0.3 is 0 Å². The first kappa shape index (κ1) is 16.6. The molecule has 1 N–H and O–H groups in total. The van der Waals surface area contributed by atoms with E-state index in [1.807, 2.05) is 24.3 Å². The lowest BCUT2D eigenvalue weighted by Gasteiger charge is -2.13. The zero-order valence-corrected chi connectivity index (χ0v) is 13.7. The van der Waals surface area contributed by atoms with Crippen LogP contribution < -0.4 is 10.1 Å². The molecule has 0 bridgehead atoms. The normalized spacial score (nSPS) is 11.8. The second kappa shape index (κ2) is 7.51. The molecule has 1 atom stereocenters. The molecule has 0 aliphatic carbocycles. The molecule has 0 aliphatic heterocycles. The summed E-state index contributed by atoms with van der Waals surface area (Å²) in [5.41, 5.74) is 0.398. The number of amides is 1. The summed E-state index contributed by atoms with van der Waals surface area (Å²) in [4.78, 5) is 13.1. The van der Waals surface area contributed by atoms with Crippen molar-refractivity contribution < 1.29 is 13.9 Å². The summed E-state index contributed by atoms with van der Waals surface area (Å²) in [7, 11) is 1.60. The monoisotopic (exact) mass is 339 g/mol. The number of carbonyl (C=O) groups excluding carboxylic acids is 1. The fourth-order valence-corrected chi connectivity index (χ4v) is 2.82. The average Bonchev–Trinajstić information content (AvgIpc) is 2.50. The van der Waals surface area contributed by atoms with E-state index in [9.17, 15) is 9.18 Å². The number of methoxy groups -OCH3 is 1. The Morgan fingerprint density at radius 3 is 2.55 bits per heavy atom. The minimum atomic E-state index is -0.441. The van der Waals surface area contributed by atoms with Gasteiger partial charge < -0.3 is 10.1 Å². The third kappa shape index (κ3) is 4.39. The Morgan fingerprint density at radius 2 is 1.95 bits per heavy atom. The summed E-state index contributed by atoms with van der Waals surface area (Å²) in [6.07, 6.45) is 0. The van der Waals surface area contributed by atoms with Gasteiger partial charge in [-0.1, -0.05) is 11.6 Å². The maximum atomic E-state index is 13.0. The number of hydrogen-bond donors (Lipinski definition) is 1. The van der Waals surface area contributed by atoms with Crippen molar-refractivity contribution in [1.29, 1.82) is 0 Å². The third-order valence-electron chi connectivity index (χ3n) is 2.93. The van der Waals surface area contributed by atoms with E-state index >= 15 is 0 Å². The Balaban J connectivity index is 1.99. The number of ether oxygens (including phenoxy) is 1. The van der Waals surface area contributed by atoms with E-state index in [0.717, 1.165) is 10.6 Å². The lowest BCUT2D eigenvalue weighted by molar-refractivity contribution is -0.115. The molecule has 2 aromatic rings. The Labute approximate surface area is 137 Å². The first-order valence-electron chi connectivity index (χ1n) is 6.56. The van der Waals surface area contributed by atoms with E-state index in [2.05, 4.69) is 5.32 Å². The van der Waals surface area contributed by atoms with Gasteiger partial charge in [-0.15, -0.1) is 11.8 Å². The lowest BCUT2D eigenvalue weighted by Crippen LogP contribution is -2.22. The topological polar surface area (TPSA) is 38.3 Å². The standard InChI is InChI=1S/C16H15ClFNO2S/c1-10(22-13-6-4-12(21-2)5-7-13)16(20)19-15-8-3-11(18)9-14(15)17/h3-10H,1-2H3,(H,19,20)/t10-/m0/s1. The highest BCUT2D eigenvalue weighted by Gasteiger charge is 2.16. The predicted molar refractivity (Wildman–Crippen MR) is 88.4 cm³/mol. The number of carbonyl (C=O) groups is 1. The highest BCUT2D eigenvalue weighted by Crippen LogP contribution is 2.27. The van der Waals surface area contributed by atoms with Crippen LogP contribution >= 0.6 is 23.4 Å². The number of rotatable bonds is 5. The lowest BCUT2D eigenvalue weighted by atomic mass is 10.3. The fourth-order valence-electron chi connectivity index (χ4n) is 1.74. The molecular weight excluding hydrogens is 325 g/mol. The molecule has 0 radical (unpaired) electrons. The molecule has 0 saturated heterocycles. The first-order chi connectivity index (χ1) is 10.5. The number of nitrogens with one attached hydrogen (secondary N) is 1. The molecule has 0 aromatic heterocycles. The molecule has 1 amide bonds. The van der Waals surface area contributed by atoms with Crippen molar-refractivity contribution in [1.82, 2.24) is 0 Å². The van der Waals surface area contributed by atoms with Gasteiger partial charge in [-0.2, -0.15) is 0 Å². The van der Waals surface area contributed by atoms with E-state index in [1.54, 1.807) is 14.0 Å². The second-order valence-corrected chi connectivity index (χ2v) is 6.37. The van der Waals surface area contributed by atoms with Gasteiger partial charge in [0.1, 0.15) is 11.6 Å². The highest BCUT2D eigenvalue weighted by molar-refractivity contribution is 8.00. The quantitative estimate of drug-likeness (QED) is 0.808. The van der Waals surface area contributed by atoms with Gasteiger partial charge in [0.2, 0.25) is 5.91 Å². The van der Waals surface area contributed by atoms with Crippen LogP contribution in [-0.2, 0) is 4.79 Å². The number of hydrogen-bond acceptors (Lipinski definition) is 3. The second-order valence-electron chi connectivity index (χ2n) is 4.55. The summed E-state index contributed by atoms with van der Waals surface area (Å²) in [6.45, 7) is 1.79. The molecule has 22 heavy (non-hydrogen) atoms. The minimum absolute atomic E-state index is 0.176. The molecule has 0 spiro atoms. The summed E-state index contributed by atoms with van der Waals surface area (Å²) >= 11 is 7.31. The summed E-state index contributed by atoms with van der Waals surface area (Å²) in [5, 5.41) is 2.55. The number of benzene rings is 2. The van der Waals surface area contributed by atoms with Crippen LogP contribution in [0, 0.1) is 5.82 Å². The molecule has 6 heteroatoms. The largest absolute Gasteiger partial charge is 0.497 e. The van der Waals surface area contributed by atoms with Crippen LogP contribution in [0.5, 0.6) is 5.75 Å². The van der Waals surface area contributed by atoms with Crippen LogP contribution in [0.2, 0.25) is 5.02 Å². The SMILES string of the molecule is COc1ccc(S[C@@H](C)C(=O)Nc2ccc(F)cc2Cl)cc1. The van der Waals surface area contributed by atoms with E-state index in [1.165, 1.54) is 30.0 Å². The summed E-state index contributed by atoms with van der Waals surface area (Å²) in [5.74, 6) is 0.123. The van der Waals surface area contributed by atoms with Crippen molar-refractivity contribution in [2.45, 2.75) is 17.1 Å². The van der Waals surface area contributed by atoms with Crippen LogP contribution in [0.15, 0.2) is 47.4 Å². The van der Waals surface area contributed by atoms with Gasteiger partial charge in [-0.25, -0.2) is 4.39 Å². The Morgan fingerprint density at radius 1 is 1.27 bits per heavy atom. The van der Waals surface area contributed by atoms with Gasteiger partial charge in [0, 0.05) is 4.90 Å². The molecular formula is C16H15ClFNO2S. The van der Waals surface area contributed by atoms with Gasteiger partial charge in [0.15, 0.2) is 0 Å². The maximum absolute atomic E-state index is 13.0. The molecule has 2 aromatic carbocycles. The maximum Gasteiger partial charge on any atom is 0.237 e. The van der Waals surface area contributed by atoms with Crippen LogP contribution in [0.1, 0.15) is 6.92 Å². The van der Waals surface area contributed by atoms with Crippen molar-refractivity contribution in [3.63, 3.8) is 0 Å². The van der Waals surface area contributed by atoms with Crippen molar-refractivity contribution in [3.05, 3.63) is 53.3 Å². The molecule has 0 unspecified atom stereocenters. The molecule has 2 rings (SSSR count). The van der Waals surface area contributed by atoms with Crippen LogP contribution in [0.4, 0.5) is 10.1 Å². The Kier molecular flexibility index (Phi) is 5.69. The van der Waals surface area contributed by atoms with Gasteiger partial charge in [-0.05, 0) is 49.4 Å². The predicted octanol–water partition coefficient (Wildman–Crippen LogP) is 4.61. The van der Waals surface area contributed by atoms with E-state index in [-0.39, 0.29) is 16.2 Å². The van der Waals surface area contributed by atoms with Crippen molar-refractivity contribution >= 4 is 35.0 Å². The summed E-state index contributed by atoms with van der Waals surface area (Å²) < 4.78 is 18.1. The number of thioether (sulfide) groups is 1. The molecule has 0 heterocycles. The third-order valence-corrected chi connectivity index (χ3v) is 4.36. The van der Waals surface area contributed by atoms with Crippen molar-refractivity contribution in [2.75, 3.05) is 12.4 Å². The Bertz CT molecular complexity index is 664. The number of anilines is 1. The van der Waals surface area contributed by atoms with Gasteiger partial charge in [0.05, 0.1) is 23.1 Å². The number of halogens is 2. The highest BCUT2D eigenvalue weighted by atomic mass is 35.5. The van der Waals surface area contributed by atoms with Crippen molar-refractivity contribution in [2.24, 2.45) is 0 Å². The molecule has 0 fully saturated rings. The minimum Gasteiger partial charge on any atom is -0.497 e. The fraction of sp³-hybridized carbons (Fsp3) is 0.188. The van der Waals surface area contributed by atoms with Gasteiger partial charge in [0.25, 0.3) is 0 Å². The van der Waals surface area contributed by atoms with Gasteiger partial charge in [-0.3, -0.25) is 4.79 Å². The Hall–Kier alpha value is -1.72. The van der Waals surface area contributed by atoms with Crippen LogP contribution in [0.25, 0.3) is 0 Å². The molecule has 0 aliphatic rings. The zero-order chi connectivity index (χ0) is 16.1. The smallest absolute Gasteiger partial charge is 0.237 e. The van der Waals surface area contributed by atoms with E-state index in [0.29, 0.717) is 5.69 Å². The van der Waals surface area contributed by atoms with E-state index < -0.39 is 5.82 Å². The summed E-state index contributed by atoms with van der Waals surface area (Å²) in [6, 6.07) is 11.3. The first-order valence-corrected chi connectivity index (χ1v) is 7.82. The van der Waals surface area contributed by atoms with Crippen LogP contribution in [0.3, 0.4) is 0 Å². The average molecular weight is 340 g/mol. The molecule has 3 nitrogen and oxygen atoms in total. The van der Waals surface area contributed by atoms with Crippen molar-refractivity contribution in [3.8, 4) is 5.75 Å². The zero-order valence-electron chi connectivity index (χ0n) is 12.1. The van der Waals surface area contributed by atoms with E-state index in [4.69, 9.17) is 16.3 Å². The molecule has 116 valence electrons.